The van der Waals surface area contributed by atoms with Gasteiger partial charge in [-0.15, -0.1) is 11.8 Å². The van der Waals surface area contributed by atoms with Crippen LogP contribution >= 0.6 is 11.8 Å². The molecular formula is C112H146O18SSi4. The molecule has 9 aromatic carbocycles. The molecule has 135 heavy (non-hydrogen) atoms. The predicted molar refractivity (Wildman–Crippen MR) is 551 cm³/mol. The summed E-state index contributed by atoms with van der Waals surface area (Å²) in [4.78, 5) is 61.2. The highest BCUT2D eigenvalue weighted by atomic mass is 32.2. The Balaban J connectivity index is 0.000000315. The number of rotatable bonds is 41. The van der Waals surface area contributed by atoms with Crippen LogP contribution in [0.4, 0.5) is 0 Å². The van der Waals surface area contributed by atoms with Gasteiger partial charge in [-0.3, -0.25) is 0 Å². The van der Waals surface area contributed by atoms with Gasteiger partial charge in [0, 0.05) is 38.5 Å². The van der Waals surface area contributed by atoms with Crippen LogP contribution in [0.1, 0.15) is 186 Å². The number of esters is 2. The quantitative estimate of drug-likeness (QED) is 0.0151. The Morgan fingerprint density at radius 3 is 1.20 bits per heavy atom. The Morgan fingerprint density at radius 2 is 0.822 bits per heavy atom. The minimum Gasteiger partial charge on any atom is -0.497 e. The lowest BCUT2D eigenvalue weighted by Gasteiger charge is -2.44. The molecule has 18 nitrogen and oxygen atoms in total. The van der Waals surface area contributed by atoms with Gasteiger partial charge in [-0.2, -0.15) is 19.2 Å². The van der Waals surface area contributed by atoms with E-state index in [0.29, 0.717) is 63.2 Å². The van der Waals surface area contributed by atoms with Crippen molar-refractivity contribution in [2.45, 2.75) is 288 Å². The van der Waals surface area contributed by atoms with Gasteiger partial charge >= 0.3 is 24.2 Å². The van der Waals surface area contributed by atoms with Gasteiger partial charge in [-0.05, 0) is 214 Å². The smallest absolute Gasteiger partial charge is 0.373 e. The minimum atomic E-state index is -2.77. The van der Waals surface area contributed by atoms with Gasteiger partial charge in [-0.1, -0.05) is 316 Å². The van der Waals surface area contributed by atoms with E-state index in [-0.39, 0.29) is 64.0 Å². The first-order valence-electron chi connectivity index (χ1n) is 47.0. The molecule has 11 rings (SSSR count). The van der Waals surface area contributed by atoms with Crippen molar-refractivity contribution in [1.82, 2.24) is 0 Å². The highest BCUT2D eigenvalue weighted by Crippen LogP contribution is 2.46. The molecule has 2 aliphatic heterocycles. The van der Waals surface area contributed by atoms with Crippen molar-refractivity contribution < 1.29 is 85.0 Å². The summed E-state index contributed by atoms with van der Waals surface area (Å²) in [5.41, 5.74) is 9.19. The molecule has 0 aliphatic carbocycles. The fraction of sp³-hybridized carbons (Fsp3) is 0.429. The van der Waals surface area contributed by atoms with Gasteiger partial charge in [0.05, 0.1) is 64.0 Å². The topological polar surface area (TPSA) is 213 Å². The molecule has 0 aromatic heterocycles. The highest BCUT2D eigenvalue weighted by Gasteiger charge is 2.53. The second kappa shape index (κ2) is 51.7. The number of carbonyl (C=O) groups is 2. The van der Waals surface area contributed by atoms with E-state index in [0.717, 1.165) is 79.4 Å². The van der Waals surface area contributed by atoms with Gasteiger partial charge in [0.15, 0.2) is 11.6 Å². The Morgan fingerprint density at radius 1 is 0.467 bits per heavy atom. The molecule has 23 heteroatoms. The molecule has 2 fully saturated rings. The number of carbonyl (C=O) groups excluding carboxylic acids is 6. The van der Waals surface area contributed by atoms with Crippen molar-refractivity contribution in [3.05, 3.63) is 310 Å². The maximum Gasteiger partial charge on any atom is 0.373 e. The summed E-state index contributed by atoms with van der Waals surface area (Å²) in [5.74, 6) is -0.617. The van der Waals surface area contributed by atoms with E-state index < -0.39 is 68.8 Å². The molecule has 0 N–H and O–H groups in total. The van der Waals surface area contributed by atoms with Gasteiger partial charge in [-0.25, -0.2) is 9.59 Å². The van der Waals surface area contributed by atoms with E-state index in [1.807, 2.05) is 114 Å². The van der Waals surface area contributed by atoms with E-state index >= 15 is 0 Å². The van der Waals surface area contributed by atoms with E-state index in [4.69, 9.17) is 75.4 Å². The molecule has 0 spiro atoms. The van der Waals surface area contributed by atoms with Crippen molar-refractivity contribution >= 4 is 95.6 Å². The van der Waals surface area contributed by atoms with Crippen molar-refractivity contribution in [2.75, 3.05) is 27.4 Å². The molecule has 0 amide bonds. The fourth-order valence-corrected chi connectivity index (χ4v) is 29.6. The first-order valence-corrected chi connectivity index (χ1v) is 59.1. The Labute approximate surface area is 812 Å². The lowest BCUT2D eigenvalue weighted by Crippen LogP contribution is -2.67. The normalized spacial score (nSPS) is 17.2. The summed E-state index contributed by atoms with van der Waals surface area (Å²) in [6.45, 7) is 49.6. The average Bonchev–Trinajstić information content (AvgIpc) is 1.44. The van der Waals surface area contributed by atoms with Crippen LogP contribution in [0.2, 0.25) is 61.4 Å². The molecule has 0 bridgehead atoms. The zero-order valence-electron chi connectivity index (χ0n) is 84.1. The molecule has 9 aromatic rings. The van der Waals surface area contributed by atoms with Crippen LogP contribution in [0, 0.1) is 27.7 Å². The highest BCUT2D eigenvalue weighted by molar-refractivity contribution is 7.99. The van der Waals surface area contributed by atoms with Crippen LogP contribution in [-0.4, -0.2) is 145 Å². The predicted octanol–water partition coefficient (Wildman–Crippen LogP) is 23.5. The number of thioether (sulfide) groups is 1. The van der Waals surface area contributed by atoms with Gasteiger partial charge in [0.2, 0.25) is 0 Å². The van der Waals surface area contributed by atoms with Gasteiger partial charge < -0.3 is 56.2 Å². The van der Waals surface area contributed by atoms with Crippen LogP contribution in [0.25, 0.3) is 6.08 Å². The molecule has 9 atom stereocenters. The third kappa shape index (κ3) is 33.1. The fourth-order valence-electron chi connectivity index (χ4n) is 17.5. The zero-order valence-corrected chi connectivity index (χ0v) is 88.9. The lowest BCUT2D eigenvalue weighted by atomic mass is 9.93. The summed E-state index contributed by atoms with van der Waals surface area (Å²) in [6, 6.07) is 79.7. The van der Waals surface area contributed by atoms with Gasteiger partial charge in [0.25, 0.3) is 16.6 Å². The largest absolute Gasteiger partial charge is 0.497 e. The molecule has 2 heterocycles. The number of hydrogen-bond donors (Lipinski definition) is 0. The van der Waals surface area contributed by atoms with E-state index in [9.17, 15) is 9.59 Å². The Bertz CT molecular complexity index is 5220. The van der Waals surface area contributed by atoms with Crippen molar-refractivity contribution in [1.29, 1.82) is 0 Å². The van der Waals surface area contributed by atoms with Gasteiger partial charge in [0.1, 0.15) is 35.9 Å². The number of aryl methyl sites for hydroxylation is 4. The number of methoxy groups -OCH3 is 2. The third-order valence-corrected chi connectivity index (χ3v) is 38.9. The standard InChI is InChI=1S/C58H76O7SSi2.C52H70O7Si2.2CO2/c1-42-39-43(2)54(56(59)61-37-38-67(10,11)12)50(40-42)53(66-47-24-16-13-17-25-47)36-35-52-55(64-58(7,8)63-52)51(62-41-45-31-33-46(60-9)34-32-45)30-22-23-44(3)65-68(57(4,5)6,48-26-18-14-19-27-48)49-28-20-15-21-29-49;1-38-35-39(2)48(50(53)55-33-34-60(10,11)12)42(36-38)22-20-28-47-49(58-52(7,8)57-47)46(56-37-41-29-31-43(54-9)32-30-41)27-19-21-40(3)59-61(51(4,5)6,44-23-15-13-16-24-44)45-25-17-14-18-26-45;2*2-1-3/h13-22,24-34,39-40,44,51-53,55H,23,35-38,41H2,1-12H3;13-20,22-27,29-32,35-36,40,46-47,49H,21,28,33-34,37H2,1-12H3;;/b30-22-;22-20+,27-19-;;/t44-,51?,52-,53?,55+;40-,46?,47-,49+;;/m00../s1. The van der Waals surface area contributed by atoms with Crippen LogP contribution < -0.4 is 30.2 Å². The Kier molecular flexibility index (Phi) is 42.4. The van der Waals surface area contributed by atoms with Crippen LogP contribution in [0.5, 0.6) is 11.5 Å². The molecule has 724 valence electrons. The third-order valence-electron chi connectivity index (χ3n) is 23.8. The molecule has 0 radical (unpaired) electrons. The lowest BCUT2D eigenvalue weighted by molar-refractivity contribution is -0.193. The summed E-state index contributed by atoms with van der Waals surface area (Å²) < 4.78 is 78.2. The van der Waals surface area contributed by atoms with Crippen molar-refractivity contribution in [3.63, 3.8) is 0 Å². The summed E-state index contributed by atoms with van der Waals surface area (Å²) >= 11 is 1.78. The van der Waals surface area contributed by atoms with E-state index in [2.05, 4.69) is 297 Å². The zero-order chi connectivity index (χ0) is 99.0. The summed E-state index contributed by atoms with van der Waals surface area (Å²) in [7, 11) is -4.94. The van der Waals surface area contributed by atoms with Crippen LogP contribution in [0.15, 0.2) is 260 Å². The first-order chi connectivity index (χ1) is 63.9. The summed E-state index contributed by atoms with van der Waals surface area (Å²) in [6.07, 6.45) is 14.0. The number of hydrogen-bond acceptors (Lipinski definition) is 19. The molecule has 3 unspecified atom stereocenters. The molecule has 0 saturated carbocycles. The maximum absolute atomic E-state index is 14.1. The molecule has 2 saturated heterocycles. The SMILES string of the molecule is COc1ccc(COC(/C=C\C[C@H](C)O[Si](c2ccccc2)(c2ccccc2)C(C)(C)C)[C@H]2OC(C)(C)O[C@H]2C/C=C/c2cc(C)cc(C)c2C(=O)OCC[Si](C)(C)C)cc1.COc1ccc(COC(/C=C\C[C@H](C)O[Si](c2ccccc2)(c2ccccc2)C(C)(C)C)[C@H]2OC(C)(C)O[C@H]2CCC(Sc2ccccc2)c2cc(C)cc(C)c2C(=O)OCC[Si](C)(C)C)cc1.O=C=O.O=C=O. The summed E-state index contributed by atoms with van der Waals surface area (Å²) in [5, 5.41) is 4.68. The molecular weight excluding hydrogens is 1780 g/mol. The van der Waals surface area contributed by atoms with E-state index in [1.165, 1.54) is 20.7 Å². The first kappa shape index (κ1) is 111. The maximum atomic E-state index is 14.1. The second-order valence-electron chi connectivity index (χ2n) is 40.3. The number of benzene rings is 9. The monoisotopic (exact) mass is 1920 g/mol. The van der Waals surface area contributed by atoms with Crippen LogP contribution in [-0.2, 0) is 79.1 Å². The Hall–Kier alpha value is -9.60. The van der Waals surface area contributed by atoms with E-state index in [1.54, 1.807) is 26.0 Å². The van der Waals surface area contributed by atoms with Crippen molar-refractivity contribution in [3.8, 4) is 11.5 Å². The molecule has 2 aliphatic rings. The van der Waals surface area contributed by atoms with Crippen LogP contribution in [0.3, 0.4) is 0 Å². The van der Waals surface area contributed by atoms with Crippen molar-refractivity contribution in [2.24, 2.45) is 0 Å². The number of ether oxygens (including phenoxy) is 10. The minimum absolute atomic E-state index is 0.0720. The average molecular weight is 1920 g/mol. The second-order valence-corrected chi connectivity index (χ2v) is 61.3.